The van der Waals surface area contributed by atoms with E-state index in [2.05, 4.69) is 22.0 Å². The van der Waals surface area contributed by atoms with Gasteiger partial charge in [0.15, 0.2) is 0 Å². The predicted molar refractivity (Wildman–Crippen MR) is 122 cm³/mol. The zero-order valence-corrected chi connectivity index (χ0v) is 16.3. The second kappa shape index (κ2) is 8.92. The van der Waals surface area contributed by atoms with Crippen LogP contribution >= 0.6 is 0 Å². The van der Waals surface area contributed by atoms with Crippen molar-refractivity contribution in [2.75, 3.05) is 22.5 Å². The van der Waals surface area contributed by atoms with E-state index >= 15 is 0 Å². The molecule has 0 aliphatic rings. The third kappa shape index (κ3) is 4.83. The Kier molecular flexibility index (Phi) is 5.71. The summed E-state index contributed by atoms with van der Waals surface area (Å²) in [7, 11) is 0. The highest BCUT2D eigenvalue weighted by Crippen LogP contribution is 2.19. The molecular formula is C25H21N3O2. The van der Waals surface area contributed by atoms with Crippen molar-refractivity contribution in [2.24, 2.45) is 0 Å². The minimum Gasteiger partial charge on any atom is -0.376 e. The Balaban J connectivity index is 1.35. The number of amides is 2. The van der Waals surface area contributed by atoms with Crippen LogP contribution in [0.25, 0.3) is 10.8 Å². The van der Waals surface area contributed by atoms with Gasteiger partial charge in [0, 0.05) is 22.6 Å². The largest absolute Gasteiger partial charge is 0.376 e. The lowest BCUT2D eigenvalue weighted by atomic mass is 10.1. The Morgan fingerprint density at radius 1 is 0.600 bits per heavy atom. The molecule has 5 nitrogen and oxygen atoms in total. The highest BCUT2D eigenvalue weighted by atomic mass is 16.2. The van der Waals surface area contributed by atoms with Crippen molar-refractivity contribution in [3.8, 4) is 0 Å². The molecule has 0 aliphatic carbocycles. The van der Waals surface area contributed by atoms with Crippen LogP contribution in [0, 0.1) is 0 Å². The van der Waals surface area contributed by atoms with E-state index < -0.39 is 0 Å². The molecule has 148 valence electrons. The fourth-order valence-electron chi connectivity index (χ4n) is 3.15. The van der Waals surface area contributed by atoms with E-state index in [1.807, 2.05) is 54.6 Å². The van der Waals surface area contributed by atoms with Crippen LogP contribution in [0.3, 0.4) is 0 Å². The van der Waals surface area contributed by atoms with E-state index in [0.717, 1.165) is 16.5 Å². The van der Waals surface area contributed by atoms with E-state index in [4.69, 9.17) is 0 Å². The highest BCUT2D eigenvalue weighted by Gasteiger charge is 2.07. The van der Waals surface area contributed by atoms with Gasteiger partial charge in [-0.15, -0.1) is 0 Å². The summed E-state index contributed by atoms with van der Waals surface area (Å²) in [4.78, 5) is 24.6. The van der Waals surface area contributed by atoms with Crippen molar-refractivity contribution in [3.05, 3.63) is 103 Å². The standard InChI is InChI=1S/C25H21N3O2/c29-24(17-26-21-14-13-18-7-4-5-10-20(18)15-21)27-22-11-6-12-23(16-22)28-25(30)19-8-2-1-3-9-19/h1-16,26H,17H2,(H,27,29)(H,28,30). The first-order chi connectivity index (χ1) is 14.7. The molecule has 5 heteroatoms. The maximum atomic E-state index is 12.3. The first kappa shape index (κ1) is 19.2. The summed E-state index contributed by atoms with van der Waals surface area (Å²) in [5, 5.41) is 11.1. The molecule has 4 aromatic rings. The van der Waals surface area contributed by atoms with Crippen molar-refractivity contribution < 1.29 is 9.59 Å². The van der Waals surface area contributed by atoms with Gasteiger partial charge in [0.25, 0.3) is 5.91 Å². The second-order valence-electron chi connectivity index (χ2n) is 6.86. The summed E-state index contributed by atoms with van der Waals surface area (Å²) in [5.41, 5.74) is 2.69. The number of carbonyl (C=O) groups is 2. The normalized spacial score (nSPS) is 10.4. The number of rotatable bonds is 6. The number of fused-ring (bicyclic) bond motifs is 1. The quantitative estimate of drug-likeness (QED) is 0.423. The number of carbonyl (C=O) groups excluding carboxylic acids is 2. The van der Waals surface area contributed by atoms with Crippen molar-refractivity contribution in [1.29, 1.82) is 0 Å². The Labute approximate surface area is 174 Å². The number of benzene rings is 4. The summed E-state index contributed by atoms with van der Waals surface area (Å²) in [5.74, 6) is -0.369. The molecule has 3 N–H and O–H groups in total. The summed E-state index contributed by atoms with van der Waals surface area (Å²) in [6.07, 6.45) is 0. The smallest absolute Gasteiger partial charge is 0.255 e. The molecule has 0 heterocycles. The van der Waals surface area contributed by atoms with Gasteiger partial charge >= 0.3 is 0 Å². The number of hydrogen-bond donors (Lipinski definition) is 3. The topological polar surface area (TPSA) is 70.2 Å². The molecule has 2 amide bonds. The van der Waals surface area contributed by atoms with E-state index in [1.165, 1.54) is 0 Å². The maximum absolute atomic E-state index is 12.3. The third-order valence-corrected chi connectivity index (χ3v) is 4.64. The molecule has 30 heavy (non-hydrogen) atoms. The van der Waals surface area contributed by atoms with Crippen molar-refractivity contribution in [2.45, 2.75) is 0 Å². The average Bonchev–Trinajstić information content (AvgIpc) is 2.78. The minimum atomic E-state index is -0.197. The molecule has 0 saturated heterocycles. The summed E-state index contributed by atoms with van der Waals surface area (Å²) in [6.45, 7) is 0.138. The van der Waals surface area contributed by atoms with Crippen molar-refractivity contribution >= 4 is 39.6 Å². The van der Waals surface area contributed by atoms with Gasteiger partial charge in [-0.1, -0.05) is 54.6 Å². The van der Waals surface area contributed by atoms with Crippen LogP contribution in [0.2, 0.25) is 0 Å². The first-order valence-electron chi connectivity index (χ1n) is 9.66. The van der Waals surface area contributed by atoms with Crippen LogP contribution in [0.1, 0.15) is 10.4 Å². The lowest BCUT2D eigenvalue weighted by Crippen LogP contribution is -2.21. The molecule has 0 saturated carbocycles. The van der Waals surface area contributed by atoms with Gasteiger partial charge in [-0.25, -0.2) is 0 Å². The minimum absolute atomic E-state index is 0.138. The van der Waals surface area contributed by atoms with E-state index in [1.54, 1.807) is 36.4 Å². The van der Waals surface area contributed by atoms with Gasteiger partial charge in [0.05, 0.1) is 6.54 Å². The molecule has 0 radical (unpaired) electrons. The Morgan fingerprint density at radius 2 is 1.30 bits per heavy atom. The van der Waals surface area contributed by atoms with E-state index in [9.17, 15) is 9.59 Å². The number of anilines is 3. The predicted octanol–water partition coefficient (Wildman–Crippen LogP) is 5.14. The molecule has 0 spiro atoms. The van der Waals surface area contributed by atoms with Gasteiger partial charge < -0.3 is 16.0 Å². The van der Waals surface area contributed by atoms with E-state index in [0.29, 0.717) is 16.9 Å². The van der Waals surface area contributed by atoms with Gasteiger partial charge in [0.1, 0.15) is 0 Å². The zero-order chi connectivity index (χ0) is 20.8. The summed E-state index contributed by atoms with van der Waals surface area (Å²) >= 11 is 0. The van der Waals surface area contributed by atoms with Crippen molar-refractivity contribution in [3.63, 3.8) is 0 Å². The van der Waals surface area contributed by atoms with Gasteiger partial charge in [0.2, 0.25) is 5.91 Å². The summed E-state index contributed by atoms with van der Waals surface area (Å²) < 4.78 is 0. The highest BCUT2D eigenvalue weighted by molar-refractivity contribution is 6.04. The molecule has 4 aromatic carbocycles. The molecule has 0 aromatic heterocycles. The SMILES string of the molecule is O=C(CNc1ccc2ccccc2c1)Nc1cccc(NC(=O)c2ccccc2)c1. The molecule has 0 fully saturated rings. The molecule has 0 atom stereocenters. The lowest BCUT2D eigenvalue weighted by molar-refractivity contribution is -0.114. The average molecular weight is 395 g/mol. The van der Waals surface area contributed by atoms with Crippen LogP contribution in [0.15, 0.2) is 97.1 Å². The molecule has 0 aliphatic heterocycles. The fourth-order valence-corrected chi connectivity index (χ4v) is 3.15. The Bertz CT molecular complexity index is 1190. The van der Waals surface area contributed by atoms with E-state index in [-0.39, 0.29) is 18.4 Å². The van der Waals surface area contributed by atoms with Gasteiger partial charge in [-0.2, -0.15) is 0 Å². The molecule has 4 rings (SSSR count). The second-order valence-corrected chi connectivity index (χ2v) is 6.86. The first-order valence-corrected chi connectivity index (χ1v) is 9.66. The van der Waals surface area contributed by atoms with Crippen LogP contribution in [-0.4, -0.2) is 18.4 Å². The molecular weight excluding hydrogens is 374 g/mol. The van der Waals surface area contributed by atoms with Crippen molar-refractivity contribution in [1.82, 2.24) is 0 Å². The van der Waals surface area contributed by atoms with Crippen LogP contribution in [-0.2, 0) is 4.79 Å². The fraction of sp³-hybridized carbons (Fsp3) is 0.0400. The van der Waals surface area contributed by atoms with Crippen LogP contribution < -0.4 is 16.0 Å². The maximum Gasteiger partial charge on any atom is 0.255 e. The monoisotopic (exact) mass is 395 g/mol. The molecule has 0 unspecified atom stereocenters. The van der Waals surface area contributed by atoms with Crippen LogP contribution in [0.4, 0.5) is 17.1 Å². The zero-order valence-electron chi connectivity index (χ0n) is 16.3. The van der Waals surface area contributed by atoms with Gasteiger partial charge in [-0.3, -0.25) is 9.59 Å². The summed E-state index contributed by atoms with van der Waals surface area (Å²) in [6, 6.07) is 30.1. The number of nitrogens with one attached hydrogen (secondary N) is 3. The Morgan fingerprint density at radius 3 is 2.10 bits per heavy atom. The lowest BCUT2D eigenvalue weighted by Gasteiger charge is -2.10. The van der Waals surface area contributed by atoms with Crippen LogP contribution in [0.5, 0.6) is 0 Å². The molecule has 0 bridgehead atoms. The third-order valence-electron chi connectivity index (χ3n) is 4.64. The van der Waals surface area contributed by atoms with Gasteiger partial charge in [-0.05, 0) is 53.2 Å². The number of hydrogen-bond acceptors (Lipinski definition) is 3. The Hall–Kier alpha value is -4.12.